The molecule has 124 valence electrons. The number of amides is 3. The summed E-state index contributed by atoms with van der Waals surface area (Å²) >= 11 is 0. The third kappa shape index (κ3) is 4.19. The third-order valence-corrected chi connectivity index (χ3v) is 4.20. The van der Waals surface area contributed by atoms with Crippen molar-refractivity contribution in [1.29, 1.82) is 0 Å². The summed E-state index contributed by atoms with van der Waals surface area (Å²) in [7, 11) is 0. The molecule has 3 rings (SSSR count). The van der Waals surface area contributed by atoms with E-state index >= 15 is 0 Å². The molecule has 2 aliphatic rings. The van der Waals surface area contributed by atoms with Gasteiger partial charge in [0, 0.05) is 32.4 Å². The van der Waals surface area contributed by atoms with E-state index in [1.54, 1.807) is 16.0 Å². The van der Waals surface area contributed by atoms with Gasteiger partial charge in [-0.05, 0) is 25.0 Å². The lowest BCUT2D eigenvalue weighted by Crippen LogP contribution is -2.47. The second-order valence-corrected chi connectivity index (χ2v) is 5.89. The molecule has 0 saturated carbocycles. The molecule has 2 fully saturated rings. The topological polar surface area (TPSA) is 74.8 Å². The molecular formula is C16H22N4O3. The minimum Gasteiger partial charge on any atom is -0.370 e. The number of pyridine rings is 1. The van der Waals surface area contributed by atoms with Crippen LogP contribution in [0.25, 0.3) is 0 Å². The van der Waals surface area contributed by atoms with Crippen LogP contribution in [0.1, 0.15) is 18.5 Å². The molecule has 3 heterocycles. The van der Waals surface area contributed by atoms with Gasteiger partial charge in [0.15, 0.2) is 0 Å². The van der Waals surface area contributed by atoms with E-state index in [-0.39, 0.29) is 24.6 Å². The maximum atomic E-state index is 12.4. The number of rotatable bonds is 5. The van der Waals surface area contributed by atoms with Crippen molar-refractivity contribution >= 4 is 11.9 Å². The van der Waals surface area contributed by atoms with Gasteiger partial charge in [-0.15, -0.1) is 0 Å². The van der Waals surface area contributed by atoms with Crippen molar-refractivity contribution in [3.8, 4) is 0 Å². The number of urea groups is 1. The first-order chi connectivity index (χ1) is 11.2. The van der Waals surface area contributed by atoms with Crippen LogP contribution < -0.4 is 5.32 Å². The largest absolute Gasteiger partial charge is 0.370 e. The van der Waals surface area contributed by atoms with Crippen LogP contribution >= 0.6 is 0 Å². The normalized spacial score (nSPS) is 21.4. The maximum Gasteiger partial charge on any atom is 0.317 e. The summed E-state index contributed by atoms with van der Waals surface area (Å²) in [4.78, 5) is 31.5. The number of hydrogen-bond acceptors (Lipinski definition) is 4. The van der Waals surface area contributed by atoms with Crippen LogP contribution in [-0.2, 0) is 16.1 Å². The number of likely N-dealkylation sites (tertiary alicyclic amines) is 1. The Morgan fingerprint density at radius 3 is 3.04 bits per heavy atom. The Kier molecular flexibility index (Phi) is 5.07. The molecule has 2 saturated heterocycles. The fourth-order valence-electron chi connectivity index (χ4n) is 2.91. The zero-order chi connectivity index (χ0) is 16.1. The van der Waals surface area contributed by atoms with Crippen LogP contribution in [0, 0.1) is 0 Å². The summed E-state index contributed by atoms with van der Waals surface area (Å²) in [6, 6.07) is 5.58. The molecule has 1 N–H and O–H groups in total. The van der Waals surface area contributed by atoms with E-state index < -0.39 is 0 Å². The van der Waals surface area contributed by atoms with Crippen LogP contribution in [0.4, 0.5) is 4.79 Å². The SMILES string of the molecule is O=C(CN1CCNC1=O)N1CCCC(OCc2ccccn2)C1. The Labute approximate surface area is 135 Å². The number of carbonyl (C=O) groups excluding carboxylic acids is 2. The van der Waals surface area contributed by atoms with Crippen LogP contribution in [0.15, 0.2) is 24.4 Å². The Balaban J connectivity index is 1.47. The fourth-order valence-corrected chi connectivity index (χ4v) is 2.91. The number of ether oxygens (including phenoxy) is 1. The van der Waals surface area contributed by atoms with Crippen molar-refractivity contribution in [3.05, 3.63) is 30.1 Å². The molecule has 7 heteroatoms. The Hall–Kier alpha value is -2.15. The predicted molar refractivity (Wildman–Crippen MR) is 83.6 cm³/mol. The van der Waals surface area contributed by atoms with Gasteiger partial charge in [-0.25, -0.2) is 4.79 Å². The van der Waals surface area contributed by atoms with Gasteiger partial charge in [0.2, 0.25) is 5.91 Å². The lowest BCUT2D eigenvalue weighted by molar-refractivity contribution is -0.136. The second-order valence-electron chi connectivity index (χ2n) is 5.89. The first-order valence-corrected chi connectivity index (χ1v) is 8.04. The van der Waals surface area contributed by atoms with E-state index in [0.717, 1.165) is 25.1 Å². The standard InChI is InChI=1S/C16H22N4O3/c21-15(11-20-9-7-18-16(20)22)19-8-3-5-14(10-19)23-12-13-4-1-2-6-17-13/h1-2,4,6,14H,3,5,7-12H2,(H,18,22). The maximum absolute atomic E-state index is 12.4. The highest BCUT2D eigenvalue weighted by molar-refractivity contribution is 5.85. The smallest absolute Gasteiger partial charge is 0.317 e. The van der Waals surface area contributed by atoms with Crippen molar-refractivity contribution in [2.45, 2.75) is 25.6 Å². The summed E-state index contributed by atoms with van der Waals surface area (Å²) in [6.07, 6.45) is 3.64. The van der Waals surface area contributed by atoms with Gasteiger partial charge in [-0.1, -0.05) is 6.07 Å². The van der Waals surface area contributed by atoms with Gasteiger partial charge in [-0.2, -0.15) is 0 Å². The minimum atomic E-state index is -0.154. The number of piperidine rings is 1. The van der Waals surface area contributed by atoms with Crippen LogP contribution in [-0.4, -0.2) is 65.5 Å². The molecule has 2 aliphatic heterocycles. The summed E-state index contributed by atoms with van der Waals surface area (Å²) < 4.78 is 5.89. The molecule has 1 atom stereocenters. The summed E-state index contributed by atoms with van der Waals surface area (Å²) in [5, 5.41) is 2.71. The predicted octanol–water partition coefficient (Wildman–Crippen LogP) is 0.614. The molecule has 7 nitrogen and oxygen atoms in total. The number of hydrogen-bond donors (Lipinski definition) is 1. The number of carbonyl (C=O) groups is 2. The Morgan fingerprint density at radius 1 is 1.39 bits per heavy atom. The molecule has 1 unspecified atom stereocenters. The average Bonchev–Trinajstić information content (AvgIpc) is 2.99. The molecule has 0 aromatic carbocycles. The highest BCUT2D eigenvalue weighted by Crippen LogP contribution is 2.15. The lowest BCUT2D eigenvalue weighted by Gasteiger charge is -2.33. The van der Waals surface area contributed by atoms with E-state index in [0.29, 0.717) is 26.2 Å². The van der Waals surface area contributed by atoms with Gasteiger partial charge in [0.25, 0.3) is 0 Å². The van der Waals surface area contributed by atoms with E-state index in [9.17, 15) is 9.59 Å². The molecule has 0 spiro atoms. The molecule has 1 aromatic rings. The minimum absolute atomic E-state index is 0.00631. The molecule has 3 amide bonds. The van der Waals surface area contributed by atoms with Gasteiger partial charge in [0.1, 0.15) is 6.54 Å². The van der Waals surface area contributed by atoms with Gasteiger partial charge < -0.3 is 19.9 Å². The van der Waals surface area contributed by atoms with Crippen molar-refractivity contribution in [1.82, 2.24) is 20.1 Å². The summed E-state index contributed by atoms with van der Waals surface area (Å²) in [5.74, 6) is -0.00631. The first kappa shape index (κ1) is 15.7. The number of nitrogens with one attached hydrogen (secondary N) is 1. The van der Waals surface area contributed by atoms with E-state index in [1.165, 1.54) is 0 Å². The zero-order valence-corrected chi connectivity index (χ0v) is 13.1. The van der Waals surface area contributed by atoms with Crippen molar-refractivity contribution in [2.75, 3.05) is 32.7 Å². The van der Waals surface area contributed by atoms with Gasteiger partial charge in [0.05, 0.1) is 18.4 Å². The quantitative estimate of drug-likeness (QED) is 0.863. The molecular weight excluding hydrogens is 296 g/mol. The van der Waals surface area contributed by atoms with Crippen molar-refractivity contribution in [2.24, 2.45) is 0 Å². The van der Waals surface area contributed by atoms with Gasteiger partial charge in [-0.3, -0.25) is 9.78 Å². The van der Waals surface area contributed by atoms with Crippen LogP contribution in [0.5, 0.6) is 0 Å². The monoisotopic (exact) mass is 318 g/mol. The summed E-state index contributed by atoms with van der Waals surface area (Å²) in [6.45, 7) is 3.14. The van der Waals surface area contributed by atoms with E-state index in [4.69, 9.17) is 4.74 Å². The van der Waals surface area contributed by atoms with Gasteiger partial charge >= 0.3 is 6.03 Å². The highest BCUT2D eigenvalue weighted by Gasteiger charge is 2.28. The van der Waals surface area contributed by atoms with Crippen LogP contribution in [0.2, 0.25) is 0 Å². The number of aromatic nitrogens is 1. The fraction of sp³-hybridized carbons (Fsp3) is 0.562. The van der Waals surface area contributed by atoms with E-state index in [2.05, 4.69) is 10.3 Å². The van der Waals surface area contributed by atoms with E-state index in [1.807, 2.05) is 18.2 Å². The number of nitrogens with zero attached hydrogens (tertiary/aromatic N) is 3. The molecule has 1 aromatic heterocycles. The summed E-state index contributed by atoms with van der Waals surface area (Å²) in [5.41, 5.74) is 0.893. The molecule has 0 radical (unpaired) electrons. The van der Waals surface area contributed by atoms with Crippen molar-refractivity contribution < 1.29 is 14.3 Å². The Morgan fingerprint density at radius 2 is 2.30 bits per heavy atom. The molecule has 0 aliphatic carbocycles. The first-order valence-electron chi connectivity index (χ1n) is 8.04. The molecule has 0 bridgehead atoms. The average molecular weight is 318 g/mol. The highest BCUT2D eigenvalue weighted by atomic mass is 16.5. The zero-order valence-electron chi connectivity index (χ0n) is 13.1. The third-order valence-electron chi connectivity index (χ3n) is 4.20. The second kappa shape index (κ2) is 7.41. The Bertz CT molecular complexity index is 552. The van der Waals surface area contributed by atoms with Crippen LogP contribution in [0.3, 0.4) is 0 Å². The lowest BCUT2D eigenvalue weighted by atomic mass is 10.1. The molecule has 23 heavy (non-hydrogen) atoms. The van der Waals surface area contributed by atoms with Crippen molar-refractivity contribution in [3.63, 3.8) is 0 Å².